The van der Waals surface area contributed by atoms with E-state index in [4.69, 9.17) is 5.73 Å². The molecule has 0 spiro atoms. The van der Waals surface area contributed by atoms with E-state index in [2.05, 4.69) is 40.2 Å². The monoisotopic (exact) mass is 331 g/mol. The molecule has 0 aliphatic carbocycles. The quantitative estimate of drug-likeness (QED) is 0.918. The molecule has 0 unspecified atom stereocenters. The van der Waals surface area contributed by atoms with Crippen LogP contribution in [0.4, 0.5) is 5.13 Å². The molecular formula is C14H19Cl2N3S. The van der Waals surface area contributed by atoms with E-state index in [1.54, 1.807) is 11.3 Å². The Kier molecular flexibility index (Phi) is 6.76. The van der Waals surface area contributed by atoms with Crippen molar-refractivity contribution in [3.63, 3.8) is 0 Å². The molecule has 110 valence electrons. The number of rotatable bonds is 2. The second kappa shape index (κ2) is 7.84. The first-order valence-electron chi connectivity index (χ1n) is 6.31. The molecule has 1 aromatic carbocycles. The summed E-state index contributed by atoms with van der Waals surface area (Å²) in [7, 11) is 0. The number of halogens is 2. The van der Waals surface area contributed by atoms with Crippen LogP contribution in [0.1, 0.15) is 16.1 Å². The molecule has 3 nitrogen and oxygen atoms in total. The van der Waals surface area contributed by atoms with Crippen molar-refractivity contribution < 1.29 is 0 Å². The molecule has 0 atom stereocenters. The van der Waals surface area contributed by atoms with Crippen LogP contribution >= 0.6 is 36.2 Å². The predicted molar refractivity (Wildman–Crippen MR) is 90.1 cm³/mol. The molecule has 0 bridgehead atoms. The lowest BCUT2D eigenvalue weighted by atomic mass is 10.2. The van der Waals surface area contributed by atoms with Gasteiger partial charge in [-0.05, 0) is 12.0 Å². The fraction of sp³-hybridized carbons (Fsp3) is 0.357. The molecule has 3 rings (SSSR count). The van der Waals surface area contributed by atoms with Gasteiger partial charge in [0.2, 0.25) is 0 Å². The fourth-order valence-electron chi connectivity index (χ4n) is 2.43. The number of thiazole rings is 1. The van der Waals surface area contributed by atoms with Crippen molar-refractivity contribution in [2.45, 2.75) is 19.4 Å². The maximum atomic E-state index is 5.76. The summed E-state index contributed by atoms with van der Waals surface area (Å²) in [5.41, 5.74) is 8.36. The Morgan fingerprint density at radius 1 is 1.10 bits per heavy atom. The van der Waals surface area contributed by atoms with Crippen molar-refractivity contribution in [2.24, 2.45) is 0 Å². The van der Waals surface area contributed by atoms with Crippen LogP contribution in [0.5, 0.6) is 0 Å². The molecule has 6 heteroatoms. The van der Waals surface area contributed by atoms with Gasteiger partial charge in [0.05, 0.1) is 5.69 Å². The molecule has 0 saturated carbocycles. The minimum absolute atomic E-state index is 0. The molecule has 2 heterocycles. The number of nitrogens with zero attached hydrogens (tertiary/aromatic N) is 2. The van der Waals surface area contributed by atoms with E-state index in [-0.39, 0.29) is 24.8 Å². The van der Waals surface area contributed by atoms with E-state index in [9.17, 15) is 0 Å². The van der Waals surface area contributed by atoms with Gasteiger partial charge in [-0.3, -0.25) is 4.90 Å². The van der Waals surface area contributed by atoms with Crippen molar-refractivity contribution in [1.82, 2.24) is 9.88 Å². The summed E-state index contributed by atoms with van der Waals surface area (Å²) < 4.78 is 0. The van der Waals surface area contributed by atoms with E-state index in [0.717, 1.165) is 37.6 Å². The number of fused-ring (bicyclic) bond motifs is 1. The normalized spacial score (nSPS) is 14.6. The van der Waals surface area contributed by atoms with Crippen molar-refractivity contribution in [3.05, 3.63) is 46.5 Å². The van der Waals surface area contributed by atoms with Gasteiger partial charge in [0.1, 0.15) is 0 Å². The lowest BCUT2D eigenvalue weighted by molar-refractivity contribution is 0.279. The third-order valence-corrected chi connectivity index (χ3v) is 4.35. The topological polar surface area (TPSA) is 42.1 Å². The standard InChI is InChI=1S/C14H17N3S.2ClH/c15-14-16-12-6-8-17(9-7-13(12)18-14)10-11-4-2-1-3-5-11;;/h1-5H,6-10H2,(H2,15,16);2*1H. The molecule has 0 fully saturated rings. The van der Waals surface area contributed by atoms with Crippen LogP contribution in [0.3, 0.4) is 0 Å². The molecule has 1 aromatic heterocycles. The van der Waals surface area contributed by atoms with Crippen LogP contribution in [-0.4, -0.2) is 23.0 Å². The Balaban J connectivity index is 0.000001000. The van der Waals surface area contributed by atoms with Crippen molar-refractivity contribution in [3.8, 4) is 0 Å². The number of anilines is 1. The van der Waals surface area contributed by atoms with E-state index < -0.39 is 0 Å². The molecule has 0 amide bonds. The third-order valence-electron chi connectivity index (χ3n) is 3.36. The molecule has 0 saturated heterocycles. The second-order valence-electron chi connectivity index (χ2n) is 4.68. The maximum absolute atomic E-state index is 5.76. The fourth-order valence-corrected chi connectivity index (χ4v) is 3.30. The number of aromatic nitrogens is 1. The first-order chi connectivity index (χ1) is 8.81. The summed E-state index contributed by atoms with van der Waals surface area (Å²) in [6.45, 7) is 3.21. The average Bonchev–Trinajstić information content (AvgIpc) is 2.65. The van der Waals surface area contributed by atoms with E-state index in [1.165, 1.54) is 16.1 Å². The van der Waals surface area contributed by atoms with Crippen LogP contribution in [0.15, 0.2) is 30.3 Å². The highest BCUT2D eigenvalue weighted by Gasteiger charge is 2.17. The maximum Gasteiger partial charge on any atom is 0.180 e. The molecule has 20 heavy (non-hydrogen) atoms. The van der Waals surface area contributed by atoms with Crippen LogP contribution in [0, 0.1) is 0 Å². The minimum atomic E-state index is 0. The first-order valence-corrected chi connectivity index (χ1v) is 7.13. The Bertz CT molecular complexity index is 505. The molecule has 2 aromatic rings. The smallest absolute Gasteiger partial charge is 0.180 e. The van der Waals surface area contributed by atoms with Crippen molar-refractivity contribution >= 4 is 41.3 Å². The summed E-state index contributed by atoms with van der Waals surface area (Å²) in [4.78, 5) is 8.30. The number of hydrogen-bond donors (Lipinski definition) is 1. The minimum Gasteiger partial charge on any atom is -0.375 e. The summed E-state index contributed by atoms with van der Waals surface area (Å²) in [5, 5.41) is 0.719. The van der Waals surface area contributed by atoms with E-state index >= 15 is 0 Å². The molecule has 1 aliphatic rings. The van der Waals surface area contributed by atoms with Gasteiger partial charge in [0, 0.05) is 30.9 Å². The lowest BCUT2D eigenvalue weighted by Gasteiger charge is -2.19. The average molecular weight is 332 g/mol. The zero-order chi connectivity index (χ0) is 12.4. The van der Waals surface area contributed by atoms with E-state index in [0.29, 0.717) is 0 Å². The first kappa shape index (κ1) is 17.2. The lowest BCUT2D eigenvalue weighted by Crippen LogP contribution is -2.25. The molecular weight excluding hydrogens is 313 g/mol. The summed E-state index contributed by atoms with van der Waals surface area (Å²) >= 11 is 1.65. The van der Waals surface area contributed by atoms with Crippen LogP contribution in [-0.2, 0) is 19.4 Å². The highest BCUT2D eigenvalue weighted by Crippen LogP contribution is 2.24. The molecule has 1 aliphatic heterocycles. The SMILES string of the molecule is Cl.Cl.Nc1nc2c(s1)CCN(Cc1ccccc1)CC2. The van der Waals surface area contributed by atoms with Crippen LogP contribution < -0.4 is 5.73 Å². The largest absolute Gasteiger partial charge is 0.375 e. The van der Waals surface area contributed by atoms with Gasteiger partial charge in [-0.1, -0.05) is 30.3 Å². The van der Waals surface area contributed by atoms with Gasteiger partial charge in [-0.25, -0.2) is 4.98 Å². The number of nitrogens with two attached hydrogens (primary N) is 1. The van der Waals surface area contributed by atoms with Gasteiger partial charge in [-0.15, -0.1) is 36.2 Å². The van der Waals surface area contributed by atoms with Crippen molar-refractivity contribution in [1.29, 1.82) is 0 Å². The van der Waals surface area contributed by atoms with Gasteiger partial charge in [0.25, 0.3) is 0 Å². The Hall–Kier alpha value is -0.810. The molecule has 2 N–H and O–H groups in total. The Morgan fingerprint density at radius 3 is 2.55 bits per heavy atom. The van der Waals surface area contributed by atoms with Gasteiger partial charge >= 0.3 is 0 Å². The summed E-state index contributed by atoms with van der Waals surface area (Å²) in [6, 6.07) is 10.7. The number of nitrogen functional groups attached to an aromatic ring is 1. The zero-order valence-electron chi connectivity index (χ0n) is 11.1. The van der Waals surface area contributed by atoms with Crippen LogP contribution in [0.25, 0.3) is 0 Å². The Morgan fingerprint density at radius 2 is 1.80 bits per heavy atom. The Labute approximate surface area is 136 Å². The zero-order valence-corrected chi connectivity index (χ0v) is 13.6. The highest BCUT2D eigenvalue weighted by atomic mass is 35.5. The van der Waals surface area contributed by atoms with Crippen LogP contribution in [0.2, 0.25) is 0 Å². The van der Waals surface area contributed by atoms with Gasteiger partial charge < -0.3 is 5.73 Å². The second-order valence-corrected chi connectivity index (χ2v) is 5.80. The third kappa shape index (κ3) is 4.09. The number of hydrogen-bond acceptors (Lipinski definition) is 4. The van der Waals surface area contributed by atoms with Gasteiger partial charge in [-0.2, -0.15) is 0 Å². The van der Waals surface area contributed by atoms with E-state index in [1.807, 2.05) is 0 Å². The van der Waals surface area contributed by atoms with Crippen molar-refractivity contribution in [2.75, 3.05) is 18.8 Å². The predicted octanol–water partition coefficient (Wildman–Crippen LogP) is 3.17. The summed E-state index contributed by atoms with van der Waals surface area (Å²) in [5.74, 6) is 0. The number of benzene rings is 1. The summed E-state index contributed by atoms with van der Waals surface area (Å²) in [6.07, 6.45) is 2.10. The molecule has 0 radical (unpaired) electrons. The highest BCUT2D eigenvalue weighted by molar-refractivity contribution is 7.15. The van der Waals surface area contributed by atoms with Gasteiger partial charge in [0.15, 0.2) is 5.13 Å².